The van der Waals surface area contributed by atoms with Gasteiger partial charge in [-0.25, -0.2) is 9.97 Å². The second kappa shape index (κ2) is 14.7. The van der Waals surface area contributed by atoms with Crippen LogP contribution in [0.2, 0.25) is 0 Å². The molecule has 2 fully saturated rings. The second-order valence-corrected chi connectivity index (χ2v) is 14.4. The molecule has 0 bridgehead atoms. The van der Waals surface area contributed by atoms with E-state index in [-0.39, 0.29) is 30.3 Å². The summed E-state index contributed by atoms with van der Waals surface area (Å²) in [6, 6.07) is 18.5. The largest absolute Gasteiger partial charge is 0.481 e. The Hall–Kier alpha value is -5.12. The van der Waals surface area contributed by atoms with Gasteiger partial charge in [0, 0.05) is 56.4 Å². The predicted molar refractivity (Wildman–Crippen MR) is 205 cm³/mol. The van der Waals surface area contributed by atoms with Gasteiger partial charge in [-0.2, -0.15) is 5.26 Å². The zero-order valence-corrected chi connectivity index (χ0v) is 30.5. The van der Waals surface area contributed by atoms with Crippen molar-refractivity contribution in [3.63, 3.8) is 0 Å². The highest BCUT2D eigenvalue weighted by Gasteiger charge is 2.45. The quantitative estimate of drug-likeness (QED) is 0.154. The van der Waals surface area contributed by atoms with Crippen molar-refractivity contribution < 1.29 is 19.4 Å². The number of carboxylic acid groups (broad SMARTS) is 1. The zero-order valence-electron chi connectivity index (χ0n) is 29.7. The van der Waals surface area contributed by atoms with Crippen molar-refractivity contribution >= 4 is 51.8 Å². The number of hydrogen-bond acceptors (Lipinski definition) is 10. The lowest BCUT2D eigenvalue weighted by molar-refractivity contribution is -0.141. The third kappa shape index (κ3) is 6.91. The molecule has 3 aliphatic rings. The van der Waals surface area contributed by atoms with Gasteiger partial charge in [0.2, 0.25) is 5.89 Å². The molecule has 4 atom stereocenters. The average molecular weight is 732 g/mol. The molecule has 0 radical (unpaired) electrons. The lowest BCUT2D eigenvalue weighted by Crippen LogP contribution is -2.42. The Morgan fingerprint density at radius 3 is 2.62 bits per heavy atom. The van der Waals surface area contributed by atoms with Crippen molar-refractivity contribution in [2.45, 2.75) is 51.4 Å². The molecule has 2 aliphatic heterocycles. The number of halogens is 1. The number of aryl methyl sites for hydroxylation is 1. The first kappa shape index (κ1) is 36.2. The number of fused-ring (bicyclic) bond motifs is 2. The lowest BCUT2D eigenvalue weighted by atomic mass is 9.73. The summed E-state index contributed by atoms with van der Waals surface area (Å²) in [5.41, 5.74) is 6.34. The van der Waals surface area contributed by atoms with E-state index in [4.69, 9.17) is 19.4 Å². The highest BCUT2D eigenvalue weighted by molar-refractivity contribution is 5.89. The van der Waals surface area contributed by atoms with E-state index in [1.165, 1.54) is 0 Å². The summed E-state index contributed by atoms with van der Waals surface area (Å²) in [7, 11) is 0. The summed E-state index contributed by atoms with van der Waals surface area (Å²) in [6.07, 6.45) is 11.0. The fraction of sp³-hybridized carbons (Fsp3) is 0.341. The second-order valence-electron chi connectivity index (χ2n) is 14.4. The van der Waals surface area contributed by atoms with Crippen molar-refractivity contribution in [3.05, 3.63) is 113 Å². The van der Waals surface area contributed by atoms with Crippen LogP contribution in [0.4, 0.5) is 5.82 Å². The summed E-state index contributed by atoms with van der Waals surface area (Å²) in [5, 5.41) is 34.5. The number of benzene rings is 2. The highest BCUT2D eigenvalue weighted by Crippen LogP contribution is 2.46. The zero-order chi connectivity index (χ0) is 36.0. The van der Waals surface area contributed by atoms with Gasteiger partial charge < -0.3 is 19.9 Å². The number of carboxylic acids is 1. The number of pyridine rings is 2. The van der Waals surface area contributed by atoms with Gasteiger partial charge in [0.05, 0.1) is 17.6 Å². The Labute approximate surface area is 314 Å². The maximum Gasteiger partial charge on any atom is 0.307 e. The Morgan fingerprint density at radius 1 is 1.08 bits per heavy atom. The SMILES string of the molecule is Cc1ccccc1C1=CC=CC(Nc2nccc3cc(CN4CC[C@@H](O)C4)cnc23)(c2nc3cc(CN4CC[C@@H](C(=O)O)C4)cc(C#N)c3o2)C1C.Cl. The molecule has 3 N–H and O–H groups in total. The Balaban J connectivity index is 0.00000435. The van der Waals surface area contributed by atoms with E-state index in [1.807, 2.05) is 42.6 Å². The predicted octanol–water partition coefficient (Wildman–Crippen LogP) is 6.44. The first-order chi connectivity index (χ1) is 25.2. The Bertz CT molecular complexity index is 2300. The standard InChI is InChI=1S/C41H41N7O4.ClH/c1-25-6-3-4-7-33(25)34-8-5-12-41(26(34)2,46-38-36-29(9-13-43-38)17-28(20-44-36)22-48-15-11-32(49)24-48)40-45-35-18-27(16-31(19-42)37(35)52-40)21-47-14-10-30(23-47)39(50)51;/h3-9,12-13,16-18,20,26,30,32,49H,10-11,14-15,21-24H2,1-2H3,(H,43,46)(H,50,51);1H/t26?,30-,32-,41?;/m1./s1. The average Bonchev–Trinajstić information content (AvgIpc) is 3.90. The van der Waals surface area contributed by atoms with E-state index >= 15 is 0 Å². The number of anilines is 1. The van der Waals surface area contributed by atoms with Crippen molar-refractivity contribution in [1.82, 2.24) is 24.8 Å². The number of nitrogens with zero attached hydrogens (tertiary/aromatic N) is 6. The summed E-state index contributed by atoms with van der Waals surface area (Å²) in [6.45, 7) is 8.14. The van der Waals surface area contributed by atoms with Gasteiger partial charge >= 0.3 is 5.97 Å². The van der Waals surface area contributed by atoms with E-state index in [0.29, 0.717) is 73.0 Å². The number of nitriles is 1. The number of aliphatic hydroxyl groups is 1. The first-order valence-electron chi connectivity index (χ1n) is 17.9. The van der Waals surface area contributed by atoms with Crippen LogP contribution in [0.25, 0.3) is 27.6 Å². The van der Waals surface area contributed by atoms with Crippen LogP contribution in [0, 0.1) is 30.1 Å². The number of carbonyl (C=O) groups is 1. The fourth-order valence-corrected chi connectivity index (χ4v) is 8.09. The van der Waals surface area contributed by atoms with Crippen molar-refractivity contribution in [2.75, 3.05) is 31.5 Å². The lowest BCUT2D eigenvalue weighted by Gasteiger charge is -2.39. The minimum absolute atomic E-state index is 0. The number of likely N-dealkylation sites (tertiary alicyclic amines) is 2. The third-order valence-corrected chi connectivity index (χ3v) is 10.9. The molecule has 0 amide bonds. The molecule has 5 aromatic rings. The normalized spacial score (nSPS) is 23.2. The molecule has 272 valence electrons. The van der Waals surface area contributed by atoms with Gasteiger partial charge in [-0.05, 0) is 84.5 Å². The molecule has 3 aromatic heterocycles. The smallest absolute Gasteiger partial charge is 0.307 e. The maximum atomic E-state index is 11.6. The molecule has 5 heterocycles. The number of aliphatic carboxylic acids is 1. The molecule has 53 heavy (non-hydrogen) atoms. The number of β-amino-alcohol motifs (C(OH)–C–C–N with tert-alkyl or cyclic N) is 1. The topological polar surface area (TPSA) is 152 Å². The molecule has 12 heteroatoms. The van der Waals surface area contributed by atoms with E-state index in [9.17, 15) is 20.3 Å². The van der Waals surface area contributed by atoms with Crippen LogP contribution in [0.1, 0.15) is 53.5 Å². The van der Waals surface area contributed by atoms with Crippen LogP contribution in [-0.2, 0) is 23.4 Å². The van der Waals surface area contributed by atoms with Gasteiger partial charge in [0.15, 0.2) is 11.4 Å². The maximum absolute atomic E-state index is 11.6. The van der Waals surface area contributed by atoms with Crippen LogP contribution in [0.3, 0.4) is 0 Å². The van der Waals surface area contributed by atoms with Gasteiger partial charge in [-0.3, -0.25) is 19.6 Å². The minimum Gasteiger partial charge on any atom is -0.481 e. The fourth-order valence-electron chi connectivity index (χ4n) is 8.09. The molecule has 2 saturated heterocycles. The molecule has 2 unspecified atom stereocenters. The number of hydrogen-bond donors (Lipinski definition) is 3. The molecular formula is C41H42ClN7O4. The Morgan fingerprint density at radius 2 is 1.87 bits per heavy atom. The van der Waals surface area contributed by atoms with Gasteiger partial charge in [0.1, 0.15) is 22.6 Å². The summed E-state index contributed by atoms with van der Waals surface area (Å²) >= 11 is 0. The Kier molecular flexibility index (Phi) is 10.1. The van der Waals surface area contributed by atoms with Crippen molar-refractivity contribution in [1.29, 1.82) is 5.26 Å². The van der Waals surface area contributed by atoms with E-state index in [2.05, 4.69) is 65.4 Å². The van der Waals surface area contributed by atoms with Crippen LogP contribution in [-0.4, -0.2) is 73.2 Å². The summed E-state index contributed by atoms with van der Waals surface area (Å²) < 4.78 is 6.64. The van der Waals surface area contributed by atoms with Crippen LogP contribution < -0.4 is 5.32 Å². The van der Waals surface area contributed by atoms with Gasteiger partial charge in [-0.15, -0.1) is 12.4 Å². The molecule has 8 rings (SSSR count). The molecule has 0 spiro atoms. The monoisotopic (exact) mass is 731 g/mol. The number of allylic oxidation sites excluding steroid dienone is 2. The highest BCUT2D eigenvalue weighted by atomic mass is 35.5. The van der Waals surface area contributed by atoms with Crippen LogP contribution >= 0.6 is 12.4 Å². The van der Waals surface area contributed by atoms with Gasteiger partial charge in [0.25, 0.3) is 0 Å². The molecule has 0 saturated carbocycles. The van der Waals surface area contributed by atoms with E-state index < -0.39 is 11.5 Å². The van der Waals surface area contributed by atoms with Crippen molar-refractivity contribution in [2.24, 2.45) is 11.8 Å². The van der Waals surface area contributed by atoms with E-state index in [1.54, 1.807) is 6.20 Å². The molecule has 11 nitrogen and oxygen atoms in total. The number of nitrogens with one attached hydrogen (secondary N) is 1. The first-order valence-corrected chi connectivity index (χ1v) is 17.9. The van der Waals surface area contributed by atoms with Crippen LogP contribution in [0.15, 0.2) is 83.6 Å². The summed E-state index contributed by atoms with van der Waals surface area (Å²) in [5.74, 6) is -0.390. The molecule has 1 aliphatic carbocycles. The minimum atomic E-state index is -1.02. The molecular weight excluding hydrogens is 690 g/mol. The molecule has 2 aromatic carbocycles. The number of rotatable bonds is 9. The van der Waals surface area contributed by atoms with E-state index in [0.717, 1.165) is 46.2 Å². The number of aromatic nitrogens is 3. The third-order valence-electron chi connectivity index (χ3n) is 10.9. The van der Waals surface area contributed by atoms with Crippen LogP contribution in [0.5, 0.6) is 0 Å². The van der Waals surface area contributed by atoms with Gasteiger partial charge in [-0.1, -0.05) is 43.3 Å². The van der Waals surface area contributed by atoms with Crippen molar-refractivity contribution in [3.8, 4) is 6.07 Å². The number of aliphatic hydroxyl groups excluding tert-OH is 1. The number of oxazole rings is 1. The summed E-state index contributed by atoms with van der Waals surface area (Å²) in [4.78, 5) is 30.7.